The highest BCUT2D eigenvalue weighted by Crippen LogP contribution is 2.18. The van der Waals surface area contributed by atoms with Crippen molar-refractivity contribution in [3.8, 4) is 6.07 Å². The SMILES string of the molecule is CC(C)(C#N)CNC(=O)c1ccc(Cl)cc1N. The molecule has 0 atom stereocenters. The third kappa shape index (κ3) is 3.65. The number of hydrogen-bond acceptors (Lipinski definition) is 3. The maximum atomic E-state index is 11.8. The zero-order valence-electron chi connectivity index (χ0n) is 9.75. The smallest absolute Gasteiger partial charge is 0.253 e. The van der Waals surface area contributed by atoms with Crippen LogP contribution < -0.4 is 11.1 Å². The molecule has 1 aromatic carbocycles. The lowest BCUT2D eigenvalue weighted by molar-refractivity contribution is 0.0944. The molecule has 1 rings (SSSR count). The lowest BCUT2D eigenvalue weighted by Gasteiger charge is -2.16. The number of carbonyl (C=O) groups excluding carboxylic acids is 1. The number of anilines is 1. The monoisotopic (exact) mass is 251 g/mol. The van der Waals surface area contributed by atoms with Crippen molar-refractivity contribution in [1.29, 1.82) is 5.26 Å². The molecule has 17 heavy (non-hydrogen) atoms. The molecule has 0 saturated carbocycles. The van der Waals surface area contributed by atoms with Crippen LogP contribution in [0.4, 0.5) is 5.69 Å². The van der Waals surface area contributed by atoms with E-state index in [9.17, 15) is 4.79 Å². The van der Waals surface area contributed by atoms with E-state index in [0.29, 0.717) is 16.3 Å². The number of halogens is 1. The Hall–Kier alpha value is -1.73. The first-order valence-electron chi connectivity index (χ1n) is 5.10. The highest BCUT2D eigenvalue weighted by molar-refractivity contribution is 6.31. The summed E-state index contributed by atoms with van der Waals surface area (Å²) in [6.07, 6.45) is 0. The second-order valence-corrected chi connectivity index (χ2v) is 4.85. The van der Waals surface area contributed by atoms with Gasteiger partial charge in [0.15, 0.2) is 0 Å². The molecule has 0 heterocycles. The number of carbonyl (C=O) groups is 1. The number of nitrogens with zero attached hydrogens (tertiary/aromatic N) is 1. The Morgan fingerprint density at radius 3 is 2.76 bits per heavy atom. The maximum Gasteiger partial charge on any atom is 0.253 e. The number of hydrogen-bond donors (Lipinski definition) is 2. The average Bonchev–Trinajstić information content (AvgIpc) is 2.26. The van der Waals surface area contributed by atoms with Crippen molar-refractivity contribution in [2.75, 3.05) is 12.3 Å². The fraction of sp³-hybridized carbons (Fsp3) is 0.333. The minimum atomic E-state index is -0.600. The molecular weight excluding hydrogens is 238 g/mol. The van der Waals surface area contributed by atoms with Gasteiger partial charge in [0.1, 0.15) is 0 Å². The van der Waals surface area contributed by atoms with Crippen LogP contribution in [0.2, 0.25) is 5.02 Å². The first-order chi connectivity index (χ1) is 7.85. The van der Waals surface area contributed by atoms with E-state index in [0.717, 1.165) is 0 Å². The Morgan fingerprint density at radius 1 is 1.59 bits per heavy atom. The summed E-state index contributed by atoms with van der Waals surface area (Å²) in [6, 6.07) is 6.79. The van der Waals surface area contributed by atoms with Gasteiger partial charge < -0.3 is 11.1 Å². The van der Waals surface area contributed by atoms with E-state index in [1.54, 1.807) is 26.0 Å². The molecule has 1 aromatic rings. The standard InChI is InChI=1S/C12H14ClN3O/c1-12(2,6-14)7-16-11(17)9-4-3-8(13)5-10(9)15/h3-5H,7,15H2,1-2H3,(H,16,17). The summed E-state index contributed by atoms with van der Waals surface area (Å²) in [5, 5.41) is 12.0. The summed E-state index contributed by atoms with van der Waals surface area (Å²) in [5.41, 5.74) is 5.77. The molecule has 0 spiro atoms. The van der Waals surface area contributed by atoms with Gasteiger partial charge >= 0.3 is 0 Å². The molecule has 1 amide bonds. The Morgan fingerprint density at radius 2 is 2.24 bits per heavy atom. The molecule has 0 saturated heterocycles. The van der Waals surface area contributed by atoms with Crippen LogP contribution in [0, 0.1) is 16.7 Å². The van der Waals surface area contributed by atoms with E-state index in [4.69, 9.17) is 22.6 Å². The summed E-state index contributed by atoms with van der Waals surface area (Å²) in [7, 11) is 0. The number of benzene rings is 1. The number of nitrogens with one attached hydrogen (secondary N) is 1. The zero-order valence-corrected chi connectivity index (χ0v) is 10.5. The van der Waals surface area contributed by atoms with Crippen molar-refractivity contribution in [3.05, 3.63) is 28.8 Å². The van der Waals surface area contributed by atoms with Gasteiger partial charge in [-0.2, -0.15) is 5.26 Å². The molecule has 5 heteroatoms. The van der Waals surface area contributed by atoms with Crippen molar-refractivity contribution >= 4 is 23.2 Å². The quantitative estimate of drug-likeness (QED) is 0.809. The molecule has 3 N–H and O–H groups in total. The van der Waals surface area contributed by atoms with E-state index in [-0.39, 0.29) is 12.5 Å². The largest absolute Gasteiger partial charge is 0.398 e. The highest BCUT2D eigenvalue weighted by Gasteiger charge is 2.19. The molecule has 0 fully saturated rings. The van der Waals surface area contributed by atoms with Crippen molar-refractivity contribution in [2.45, 2.75) is 13.8 Å². The van der Waals surface area contributed by atoms with Crippen molar-refractivity contribution in [2.24, 2.45) is 5.41 Å². The van der Waals surface area contributed by atoms with Gasteiger partial charge in [-0.05, 0) is 32.0 Å². The van der Waals surface area contributed by atoms with Gasteiger partial charge in [0.25, 0.3) is 5.91 Å². The molecular formula is C12H14ClN3O. The summed E-state index contributed by atoms with van der Waals surface area (Å²) in [4.78, 5) is 11.8. The average molecular weight is 252 g/mol. The van der Waals surface area contributed by atoms with Gasteiger partial charge in [-0.25, -0.2) is 0 Å². The zero-order chi connectivity index (χ0) is 13.1. The van der Waals surface area contributed by atoms with Gasteiger partial charge in [0, 0.05) is 17.3 Å². The van der Waals surface area contributed by atoms with E-state index >= 15 is 0 Å². The van der Waals surface area contributed by atoms with Crippen LogP contribution in [0.5, 0.6) is 0 Å². The minimum absolute atomic E-state index is 0.268. The molecule has 0 aliphatic carbocycles. The molecule has 0 unspecified atom stereocenters. The second kappa shape index (κ2) is 5.07. The van der Waals surface area contributed by atoms with Gasteiger partial charge in [-0.15, -0.1) is 0 Å². The third-order valence-electron chi connectivity index (χ3n) is 2.25. The molecule has 0 radical (unpaired) electrons. The van der Waals surface area contributed by atoms with Gasteiger partial charge in [-0.3, -0.25) is 4.79 Å². The summed E-state index contributed by atoms with van der Waals surface area (Å²) < 4.78 is 0. The predicted octanol–water partition coefficient (Wildman–Crippen LogP) is 2.20. The van der Waals surface area contributed by atoms with Crippen molar-refractivity contribution < 1.29 is 4.79 Å². The van der Waals surface area contributed by atoms with Gasteiger partial charge in [0.2, 0.25) is 0 Å². The number of rotatable bonds is 3. The van der Waals surface area contributed by atoms with Crippen LogP contribution in [-0.4, -0.2) is 12.5 Å². The van der Waals surface area contributed by atoms with Gasteiger partial charge in [-0.1, -0.05) is 11.6 Å². The molecule has 0 aliphatic heterocycles. The number of nitriles is 1. The van der Waals surface area contributed by atoms with Crippen LogP contribution in [0.1, 0.15) is 24.2 Å². The lowest BCUT2D eigenvalue weighted by Crippen LogP contribution is -2.33. The van der Waals surface area contributed by atoms with Crippen LogP contribution in [-0.2, 0) is 0 Å². The Kier molecular flexibility index (Phi) is 3.97. The highest BCUT2D eigenvalue weighted by atomic mass is 35.5. The number of nitrogens with two attached hydrogens (primary N) is 1. The minimum Gasteiger partial charge on any atom is -0.398 e. The fourth-order valence-corrected chi connectivity index (χ4v) is 1.36. The third-order valence-corrected chi connectivity index (χ3v) is 2.49. The van der Waals surface area contributed by atoms with Crippen molar-refractivity contribution in [3.63, 3.8) is 0 Å². The van der Waals surface area contributed by atoms with E-state index in [2.05, 4.69) is 11.4 Å². The predicted molar refractivity (Wildman–Crippen MR) is 67.6 cm³/mol. The van der Waals surface area contributed by atoms with Crippen LogP contribution >= 0.6 is 11.6 Å². The number of amides is 1. The van der Waals surface area contributed by atoms with E-state index < -0.39 is 5.41 Å². The molecule has 0 bridgehead atoms. The molecule has 4 nitrogen and oxygen atoms in total. The first kappa shape index (κ1) is 13.3. The maximum absolute atomic E-state index is 11.8. The van der Waals surface area contributed by atoms with Crippen LogP contribution in [0.15, 0.2) is 18.2 Å². The van der Waals surface area contributed by atoms with Crippen LogP contribution in [0.3, 0.4) is 0 Å². The Balaban J connectivity index is 2.75. The molecule has 90 valence electrons. The molecule has 0 aromatic heterocycles. The van der Waals surface area contributed by atoms with Gasteiger partial charge in [0.05, 0.1) is 17.0 Å². The number of nitrogen functional groups attached to an aromatic ring is 1. The first-order valence-corrected chi connectivity index (χ1v) is 5.48. The van der Waals surface area contributed by atoms with E-state index in [1.807, 2.05) is 0 Å². The lowest BCUT2D eigenvalue weighted by atomic mass is 9.96. The fourth-order valence-electron chi connectivity index (χ4n) is 1.18. The van der Waals surface area contributed by atoms with Crippen molar-refractivity contribution in [1.82, 2.24) is 5.32 Å². The Labute approximate surface area is 105 Å². The second-order valence-electron chi connectivity index (χ2n) is 4.41. The summed E-state index contributed by atoms with van der Waals surface area (Å²) in [5.74, 6) is -0.303. The Bertz CT molecular complexity index is 477. The summed E-state index contributed by atoms with van der Waals surface area (Å²) >= 11 is 5.74. The summed E-state index contributed by atoms with van der Waals surface area (Å²) in [6.45, 7) is 3.77. The molecule has 0 aliphatic rings. The normalized spacial score (nSPS) is 10.7. The van der Waals surface area contributed by atoms with E-state index in [1.165, 1.54) is 6.07 Å². The van der Waals surface area contributed by atoms with Crippen LogP contribution in [0.25, 0.3) is 0 Å². The topological polar surface area (TPSA) is 78.9 Å².